The number of nitrogens with zero attached hydrogens (tertiary/aromatic N) is 1. The van der Waals surface area contributed by atoms with Crippen LogP contribution in [0.5, 0.6) is 0 Å². The summed E-state index contributed by atoms with van der Waals surface area (Å²) in [6, 6.07) is 12.1. The Labute approximate surface area is 109 Å². The first kappa shape index (κ1) is 14.7. The second kappa shape index (κ2) is 7.86. The van der Waals surface area contributed by atoms with E-state index in [0.29, 0.717) is 12.5 Å². The van der Waals surface area contributed by atoms with E-state index in [2.05, 4.69) is 25.2 Å². The topological polar surface area (TPSA) is 56.0 Å². The Bertz CT molecular complexity index is 370. The smallest absolute Gasteiger partial charge is 0.0837 e. The van der Waals surface area contributed by atoms with E-state index in [4.69, 9.17) is 0 Å². The molecule has 0 fully saturated rings. The maximum absolute atomic E-state index is 9.29. The van der Waals surface area contributed by atoms with Crippen molar-refractivity contribution in [3.63, 3.8) is 0 Å². The third-order valence-corrected chi connectivity index (χ3v) is 2.94. The standard InChI is InChI=1S/C15H22N2O/c1-12(2)8-15(11-18)17-10-14(9-16)13-6-4-3-5-7-13/h3-7,12,14-15,17-18H,8,10-11H2,1-2H3. The van der Waals surface area contributed by atoms with Crippen molar-refractivity contribution < 1.29 is 5.11 Å². The Morgan fingerprint density at radius 3 is 2.44 bits per heavy atom. The summed E-state index contributed by atoms with van der Waals surface area (Å²) in [5.41, 5.74) is 1.02. The molecule has 0 radical (unpaired) electrons. The zero-order valence-corrected chi connectivity index (χ0v) is 11.1. The second-order valence-corrected chi connectivity index (χ2v) is 5.01. The Balaban J connectivity index is 2.52. The van der Waals surface area contributed by atoms with E-state index in [-0.39, 0.29) is 18.6 Å². The predicted molar refractivity (Wildman–Crippen MR) is 73.1 cm³/mol. The monoisotopic (exact) mass is 246 g/mol. The Morgan fingerprint density at radius 1 is 1.28 bits per heavy atom. The van der Waals surface area contributed by atoms with Crippen molar-refractivity contribution in [2.24, 2.45) is 5.92 Å². The van der Waals surface area contributed by atoms with Crippen LogP contribution >= 0.6 is 0 Å². The molecule has 0 saturated carbocycles. The largest absolute Gasteiger partial charge is 0.395 e. The molecule has 2 N–H and O–H groups in total. The molecule has 1 rings (SSSR count). The number of nitrogens with one attached hydrogen (secondary N) is 1. The van der Waals surface area contributed by atoms with Gasteiger partial charge in [0.2, 0.25) is 0 Å². The number of rotatable bonds is 7. The summed E-state index contributed by atoms with van der Waals surface area (Å²) < 4.78 is 0. The molecular weight excluding hydrogens is 224 g/mol. The number of hydrogen-bond donors (Lipinski definition) is 2. The van der Waals surface area contributed by atoms with Gasteiger partial charge in [-0.15, -0.1) is 0 Å². The highest BCUT2D eigenvalue weighted by molar-refractivity contribution is 5.25. The van der Waals surface area contributed by atoms with Crippen molar-refractivity contribution in [2.45, 2.75) is 32.2 Å². The maximum Gasteiger partial charge on any atom is 0.0837 e. The lowest BCUT2D eigenvalue weighted by Gasteiger charge is -2.20. The number of nitriles is 1. The number of benzene rings is 1. The summed E-state index contributed by atoms with van der Waals surface area (Å²) in [6.45, 7) is 4.95. The van der Waals surface area contributed by atoms with Crippen molar-refractivity contribution in [1.29, 1.82) is 5.26 Å². The number of hydrogen-bond acceptors (Lipinski definition) is 3. The molecule has 0 amide bonds. The zero-order chi connectivity index (χ0) is 13.4. The zero-order valence-electron chi connectivity index (χ0n) is 11.1. The molecule has 0 aliphatic heterocycles. The van der Waals surface area contributed by atoms with Crippen molar-refractivity contribution in [3.8, 4) is 6.07 Å². The third kappa shape index (κ3) is 4.87. The fourth-order valence-electron chi connectivity index (χ4n) is 2.00. The Morgan fingerprint density at radius 2 is 1.94 bits per heavy atom. The van der Waals surface area contributed by atoms with E-state index in [9.17, 15) is 10.4 Å². The van der Waals surface area contributed by atoms with Gasteiger partial charge in [0.25, 0.3) is 0 Å². The molecule has 0 heterocycles. The molecule has 0 aliphatic rings. The van der Waals surface area contributed by atoms with Crippen LogP contribution in [0.2, 0.25) is 0 Å². The molecule has 0 bridgehead atoms. The van der Waals surface area contributed by atoms with Crippen molar-refractivity contribution in [1.82, 2.24) is 5.32 Å². The molecule has 18 heavy (non-hydrogen) atoms. The first-order valence-corrected chi connectivity index (χ1v) is 6.46. The number of aliphatic hydroxyl groups is 1. The van der Waals surface area contributed by atoms with Gasteiger partial charge in [-0.3, -0.25) is 0 Å². The van der Waals surface area contributed by atoms with E-state index in [1.54, 1.807) is 0 Å². The fourth-order valence-corrected chi connectivity index (χ4v) is 2.00. The summed E-state index contributed by atoms with van der Waals surface area (Å²) in [5.74, 6) is 0.374. The molecule has 1 aromatic rings. The van der Waals surface area contributed by atoms with Crippen LogP contribution in [-0.4, -0.2) is 24.3 Å². The van der Waals surface area contributed by atoms with Gasteiger partial charge in [-0.05, 0) is 17.9 Å². The molecule has 3 heteroatoms. The van der Waals surface area contributed by atoms with E-state index in [1.807, 2.05) is 30.3 Å². The van der Waals surface area contributed by atoms with Crippen molar-refractivity contribution in [2.75, 3.05) is 13.2 Å². The maximum atomic E-state index is 9.29. The first-order chi connectivity index (χ1) is 8.67. The van der Waals surface area contributed by atoms with Crippen LogP contribution in [0.15, 0.2) is 30.3 Å². The summed E-state index contributed by atoms with van der Waals surface area (Å²) in [7, 11) is 0. The lowest BCUT2D eigenvalue weighted by atomic mass is 9.99. The molecule has 1 aromatic carbocycles. The van der Waals surface area contributed by atoms with Gasteiger partial charge in [-0.25, -0.2) is 0 Å². The lowest BCUT2D eigenvalue weighted by molar-refractivity contribution is 0.224. The average molecular weight is 246 g/mol. The minimum Gasteiger partial charge on any atom is -0.395 e. The highest BCUT2D eigenvalue weighted by Gasteiger charge is 2.14. The SMILES string of the molecule is CC(C)CC(CO)NCC(C#N)c1ccccc1. The van der Waals surface area contributed by atoms with Crippen molar-refractivity contribution >= 4 is 0 Å². The van der Waals surface area contributed by atoms with Gasteiger partial charge in [0.05, 0.1) is 18.6 Å². The summed E-state index contributed by atoms with van der Waals surface area (Å²) in [5, 5.41) is 21.8. The number of aliphatic hydroxyl groups excluding tert-OH is 1. The predicted octanol–water partition coefficient (Wildman–Crippen LogP) is 2.29. The summed E-state index contributed by atoms with van der Waals surface area (Å²) in [6.07, 6.45) is 0.920. The van der Waals surface area contributed by atoms with Gasteiger partial charge in [0, 0.05) is 12.6 Å². The quantitative estimate of drug-likeness (QED) is 0.776. The van der Waals surface area contributed by atoms with Gasteiger partial charge in [0.1, 0.15) is 0 Å². The highest BCUT2D eigenvalue weighted by atomic mass is 16.3. The molecule has 0 saturated heterocycles. The van der Waals surface area contributed by atoms with Crippen LogP contribution in [0.25, 0.3) is 0 Å². The molecule has 3 nitrogen and oxygen atoms in total. The molecule has 2 unspecified atom stereocenters. The first-order valence-electron chi connectivity index (χ1n) is 6.46. The summed E-state index contributed by atoms with van der Waals surface area (Å²) >= 11 is 0. The fraction of sp³-hybridized carbons (Fsp3) is 0.533. The van der Waals surface area contributed by atoms with Gasteiger partial charge < -0.3 is 10.4 Å². The average Bonchev–Trinajstić information content (AvgIpc) is 2.39. The van der Waals surface area contributed by atoms with Crippen LogP contribution in [0.1, 0.15) is 31.7 Å². The third-order valence-electron chi connectivity index (χ3n) is 2.94. The Kier molecular flexibility index (Phi) is 6.42. The van der Waals surface area contributed by atoms with Crippen LogP contribution in [0.3, 0.4) is 0 Å². The van der Waals surface area contributed by atoms with Crippen LogP contribution in [0.4, 0.5) is 0 Å². The van der Waals surface area contributed by atoms with Crippen LogP contribution < -0.4 is 5.32 Å². The lowest BCUT2D eigenvalue weighted by Crippen LogP contribution is -2.36. The van der Waals surface area contributed by atoms with E-state index in [1.165, 1.54) is 0 Å². The molecule has 0 aliphatic carbocycles. The Hall–Kier alpha value is -1.37. The molecule has 0 aromatic heterocycles. The van der Waals surface area contributed by atoms with E-state index >= 15 is 0 Å². The van der Waals surface area contributed by atoms with Crippen molar-refractivity contribution in [3.05, 3.63) is 35.9 Å². The normalized spacial score (nSPS) is 14.2. The minimum absolute atomic E-state index is 0.0737. The van der Waals surface area contributed by atoms with Gasteiger partial charge in [0.15, 0.2) is 0 Å². The van der Waals surface area contributed by atoms with Gasteiger partial charge >= 0.3 is 0 Å². The van der Waals surface area contributed by atoms with Gasteiger partial charge in [-0.2, -0.15) is 5.26 Å². The van der Waals surface area contributed by atoms with Gasteiger partial charge in [-0.1, -0.05) is 44.2 Å². The molecule has 98 valence electrons. The molecule has 0 spiro atoms. The van der Waals surface area contributed by atoms with Crippen LogP contribution in [-0.2, 0) is 0 Å². The summed E-state index contributed by atoms with van der Waals surface area (Å²) in [4.78, 5) is 0. The highest BCUT2D eigenvalue weighted by Crippen LogP contribution is 2.14. The van der Waals surface area contributed by atoms with Crippen LogP contribution in [0, 0.1) is 17.2 Å². The van der Waals surface area contributed by atoms with E-state index in [0.717, 1.165) is 12.0 Å². The molecule has 2 atom stereocenters. The second-order valence-electron chi connectivity index (χ2n) is 5.01. The van der Waals surface area contributed by atoms with E-state index < -0.39 is 0 Å². The minimum atomic E-state index is -0.160. The molecular formula is C15H22N2O.